The molecule has 1 rings (SSSR count). The average Bonchev–Trinajstić information content (AvgIpc) is 2.04. The number of Topliss-reactive ketones (excluding diaryl/α,β-unsaturated/α-hetero) is 1. The van der Waals surface area contributed by atoms with Crippen molar-refractivity contribution in [2.45, 2.75) is 58.5 Å². The fraction of sp³-hybridized carbons (Fsp3) is 0.909. The van der Waals surface area contributed by atoms with Crippen LogP contribution in [0.25, 0.3) is 0 Å². The zero-order valence-electron chi connectivity index (χ0n) is 9.05. The highest BCUT2D eigenvalue weighted by Crippen LogP contribution is 2.20. The van der Waals surface area contributed by atoms with Gasteiger partial charge in [0.05, 0.1) is 0 Å². The van der Waals surface area contributed by atoms with Crippen LogP contribution in [0.15, 0.2) is 0 Å². The summed E-state index contributed by atoms with van der Waals surface area (Å²) < 4.78 is 0. The topological polar surface area (TPSA) is 20.3 Å². The molecule has 0 aromatic rings. The van der Waals surface area contributed by atoms with Gasteiger partial charge >= 0.3 is 0 Å². The molecule has 1 aliphatic rings. The van der Waals surface area contributed by atoms with Crippen molar-refractivity contribution >= 4 is 5.78 Å². The van der Waals surface area contributed by atoms with Gasteiger partial charge in [-0.2, -0.15) is 0 Å². The Morgan fingerprint density at radius 3 is 2.77 bits per heavy atom. The lowest BCUT2D eigenvalue weighted by molar-refractivity contribution is -0.123. The zero-order valence-corrected chi connectivity index (χ0v) is 9.05. The first-order chi connectivity index (χ1) is 6.15. The monoisotopic (exact) mass is 183 g/mol. The normalized spacial score (nSPS) is 25.5. The number of carbonyl (C=O) groups is 1. The number of hydrogen-bond donors (Lipinski definition) is 0. The van der Waals surface area contributed by atoms with Crippen LogP contribution in [0, 0.1) is 0 Å². The van der Waals surface area contributed by atoms with Crippen LogP contribution < -0.4 is 0 Å². The minimum atomic E-state index is 0.454. The van der Waals surface area contributed by atoms with Gasteiger partial charge in [-0.1, -0.05) is 13.3 Å². The molecule has 0 saturated carbocycles. The standard InChI is InChI=1S/C11H21NO/c1-4-5-10-8-11(13)6-7-12(10)9(2)3/h9-10H,4-8H2,1-3H3. The molecule has 0 spiro atoms. The Labute approximate surface area is 81.3 Å². The highest BCUT2D eigenvalue weighted by molar-refractivity contribution is 5.80. The van der Waals surface area contributed by atoms with E-state index in [1.807, 2.05) is 0 Å². The molecular formula is C11H21NO. The third-order valence-electron chi connectivity index (χ3n) is 2.87. The van der Waals surface area contributed by atoms with E-state index in [2.05, 4.69) is 25.7 Å². The summed E-state index contributed by atoms with van der Waals surface area (Å²) in [6.07, 6.45) is 3.90. The van der Waals surface area contributed by atoms with Gasteiger partial charge in [-0.25, -0.2) is 0 Å². The SMILES string of the molecule is CCCC1CC(=O)CCN1C(C)C. The molecule has 0 aromatic heterocycles. The molecule has 0 aliphatic carbocycles. The van der Waals surface area contributed by atoms with Crippen LogP contribution in [0.5, 0.6) is 0 Å². The summed E-state index contributed by atoms with van der Waals surface area (Å²) >= 11 is 0. The van der Waals surface area contributed by atoms with Crippen LogP contribution in [-0.2, 0) is 4.79 Å². The lowest BCUT2D eigenvalue weighted by atomic mass is 9.96. The lowest BCUT2D eigenvalue weighted by Gasteiger charge is -2.37. The van der Waals surface area contributed by atoms with Crippen molar-refractivity contribution < 1.29 is 4.79 Å². The van der Waals surface area contributed by atoms with Crippen molar-refractivity contribution in [2.24, 2.45) is 0 Å². The van der Waals surface area contributed by atoms with Crippen LogP contribution in [0.1, 0.15) is 46.5 Å². The molecule has 0 aromatic carbocycles. The second-order valence-electron chi connectivity index (χ2n) is 4.27. The fourth-order valence-electron chi connectivity index (χ4n) is 2.20. The molecule has 2 nitrogen and oxygen atoms in total. The molecule has 76 valence electrons. The van der Waals surface area contributed by atoms with Crippen LogP contribution in [0.4, 0.5) is 0 Å². The van der Waals surface area contributed by atoms with Crippen LogP contribution in [0.3, 0.4) is 0 Å². The maximum atomic E-state index is 11.3. The van der Waals surface area contributed by atoms with Crippen molar-refractivity contribution in [3.8, 4) is 0 Å². The molecule has 0 radical (unpaired) electrons. The minimum absolute atomic E-state index is 0.454. The molecule has 0 bridgehead atoms. The molecule has 1 saturated heterocycles. The minimum Gasteiger partial charge on any atom is -0.300 e. The zero-order chi connectivity index (χ0) is 9.84. The summed E-state index contributed by atoms with van der Waals surface area (Å²) in [5.41, 5.74) is 0. The second kappa shape index (κ2) is 4.75. The van der Waals surface area contributed by atoms with E-state index in [4.69, 9.17) is 0 Å². The summed E-state index contributed by atoms with van der Waals surface area (Å²) in [5.74, 6) is 0.454. The summed E-state index contributed by atoms with van der Waals surface area (Å²) in [5, 5.41) is 0. The predicted molar refractivity (Wildman–Crippen MR) is 54.8 cm³/mol. The Hall–Kier alpha value is -0.370. The van der Waals surface area contributed by atoms with E-state index in [0.29, 0.717) is 17.9 Å². The molecule has 1 heterocycles. The van der Waals surface area contributed by atoms with Crippen molar-refractivity contribution in [3.05, 3.63) is 0 Å². The first kappa shape index (κ1) is 10.7. The van der Waals surface area contributed by atoms with Gasteiger partial charge in [-0.15, -0.1) is 0 Å². The molecule has 13 heavy (non-hydrogen) atoms. The van der Waals surface area contributed by atoms with Crippen molar-refractivity contribution in [3.63, 3.8) is 0 Å². The second-order valence-corrected chi connectivity index (χ2v) is 4.27. The van der Waals surface area contributed by atoms with Crippen molar-refractivity contribution in [1.82, 2.24) is 4.90 Å². The molecule has 1 fully saturated rings. The summed E-state index contributed by atoms with van der Waals surface area (Å²) in [7, 11) is 0. The van der Waals surface area contributed by atoms with Gasteiger partial charge in [0, 0.05) is 31.5 Å². The Morgan fingerprint density at radius 2 is 2.23 bits per heavy atom. The molecular weight excluding hydrogens is 162 g/mol. The number of likely N-dealkylation sites (tertiary alicyclic amines) is 1. The van der Waals surface area contributed by atoms with Gasteiger partial charge in [-0.3, -0.25) is 9.69 Å². The van der Waals surface area contributed by atoms with Gasteiger partial charge < -0.3 is 0 Å². The van der Waals surface area contributed by atoms with Gasteiger partial charge in [0.25, 0.3) is 0 Å². The van der Waals surface area contributed by atoms with Crippen LogP contribution in [0.2, 0.25) is 0 Å². The molecule has 1 atom stereocenters. The number of rotatable bonds is 3. The predicted octanol–water partition coefficient (Wildman–Crippen LogP) is 2.23. The Balaban J connectivity index is 2.55. The third kappa shape index (κ3) is 2.80. The smallest absolute Gasteiger partial charge is 0.135 e. The maximum Gasteiger partial charge on any atom is 0.135 e. The molecule has 1 unspecified atom stereocenters. The van der Waals surface area contributed by atoms with Crippen molar-refractivity contribution in [2.75, 3.05) is 6.54 Å². The van der Waals surface area contributed by atoms with Gasteiger partial charge in [0.15, 0.2) is 0 Å². The Bertz CT molecular complexity index is 177. The number of nitrogens with zero attached hydrogens (tertiary/aromatic N) is 1. The number of carbonyl (C=O) groups excluding carboxylic acids is 1. The summed E-state index contributed by atoms with van der Waals surface area (Å²) in [6, 6.07) is 1.11. The highest BCUT2D eigenvalue weighted by Gasteiger charge is 2.27. The third-order valence-corrected chi connectivity index (χ3v) is 2.87. The van der Waals surface area contributed by atoms with Gasteiger partial charge in [0.1, 0.15) is 5.78 Å². The van der Waals surface area contributed by atoms with E-state index in [-0.39, 0.29) is 0 Å². The average molecular weight is 183 g/mol. The first-order valence-electron chi connectivity index (χ1n) is 5.42. The number of ketones is 1. The van der Waals surface area contributed by atoms with Crippen molar-refractivity contribution in [1.29, 1.82) is 0 Å². The molecule has 1 aliphatic heterocycles. The highest BCUT2D eigenvalue weighted by atomic mass is 16.1. The Kier molecular flexibility index (Phi) is 3.91. The molecule has 2 heteroatoms. The molecule has 0 N–H and O–H groups in total. The number of hydrogen-bond acceptors (Lipinski definition) is 2. The van der Waals surface area contributed by atoms with Crippen LogP contribution in [-0.4, -0.2) is 29.3 Å². The first-order valence-corrected chi connectivity index (χ1v) is 5.42. The van der Waals surface area contributed by atoms with E-state index in [9.17, 15) is 4.79 Å². The fourth-order valence-corrected chi connectivity index (χ4v) is 2.20. The Morgan fingerprint density at radius 1 is 1.54 bits per heavy atom. The summed E-state index contributed by atoms with van der Waals surface area (Å²) in [6.45, 7) is 7.61. The largest absolute Gasteiger partial charge is 0.300 e. The molecule has 0 amide bonds. The van der Waals surface area contributed by atoms with E-state index in [0.717, 1.165) is 19.4 Å². The van der Waals surface area contributed by atoms with E-state index in [1.54, 1.807) is 0 Å². The van der Waals surface area contributed by atoms with E-state index < -0.39 is 0 Å². The van der Waals surface area contributed by atoms with E-state index >= 15 is 0 Å². The lowest BCUT2D eigenvalue weighted by Crippen LogP contribution is -2.46. The summed E-state index contributed by atoms with van der Waals surface area (Å²) in [4.78, 5) is 13.8. The van der Waals surface area contributed by atoms with E-state index in [1.165, 1.54) is 12.8 Å². The quantitative estimate of drug-likeness (QED) is 0.668. The van der Waals surface area contributed by atoms with Crippen LogP contribution >= 0.6 is 0 Å². The van der Waals surface area contributed by atoms with Gasteiger partial charge in [-0.05, 0) is 20.3 Å². The van der Waals surface area contributed by atoms with Gasteiger partial charge in [0.2, 0.25) is 0 Å². The number of piperidine rings is 1. The maximum absolute atomic E-state index is 11.3.